The first-order valence-electron chi connectivity index (χ1n) is 10.9. The fourth-order valence-corrected chi connectivity index (χ4v) is 4.43. The summed E-state index contributed by atoms with van der Waals surface area (Å²) in [5, 5.41) is 6.04. The van der Waals surface area contributed by atoms with Gasteiger partial charge in [0.05, 0.1) is 12.1 Å². The van der Waals surface area contributed by atoms with Crippen LogP contribution in [-0.2, 0) is 11.5 Å². The van der Waals surface area contributed by atoms with Gasteiger partial charge in [-0.2, -0.15) is 4.98 Å². The van der Waals surface area contributed by atoms with E-state index in [2.05, 4.69) is 37.4 Å². The number of nitrogens with two attached hydrogens (primary N) is 1. The second-order valence-electron chi connectivity index (χ2n) is 8.47. The number of carbonyl (C=O) groups excluding carboxylic acids is 1. The number of nitrogens with one attached hydrogen (secondary N) is 2. The number of aromatic nitrogens is 2. The van der Waals surface area contributed by atoms with Crippen LogP contribution in [0.5, 0.6) is 0 Å². The molecule has 0 radical (unpaired) electrons. The molecule has 2 atom stereocenters. The van der Waals surface area contributed by atoms with Crippen molar-refractivity contribution in [3.05, 3.63) is 35.8 Å². The van der Waals surface area contributed by atoms with E-state index in [-0.39, 0.29) is 23.7 Å². The Labute approximate surface area is 186 Å². The fourth-order valence-electron chi connectivity index (χ4n) is 4.43. The van der Waals surface area contributed by atoms with Gasteiger partial charge in [0.2, 0.25) is 11.9 Å². The summed E-state index contributed by atoms with van der Waals surface area (Å²) in [4.78, 5) is 24.3. The van der Waals surface area contributed by atoms with Crippen LogP contribution in [0, 0.1) is 11.7 Å². The van der Waals surface area contributed by atoms with Crippen molar-refractivity contribution >= 4 is 29.0 Å². The Morgan fingerprint density at radius 3 is 2.75 bits per heavy atom. The van der Waals surface area contributed by atoms with E-state index in [9.17, 15) is 13.6 Å². The van der Waals surface area contributed by atoms with Crippen molar-refractivity contribution < 1.29 is 13.6 Å². The summed E-state index contributed by atoms with van der Waals surface area (Å²) < 4.78 is 28.1. The monoisotopic (exact) mass is 445 g/mol. The van der Waals surface area contributed by atoms with Gasteiger partial charge in [0.1, 0.15) is 6.67 Å². The zero-order valence-electron chi connectivity index (χ0n) is 18.2. The number of rotatable bonds is 7. The topological polar surface area (TPSA) is 99.4 Å². The van der Waals surface area contributed by atoms with Crippen LogP contribution in [0.4, 0.5) is 31.9 Å². The summed E-state index contributed by atoms with van der Waals surface area (Å²) in [5.41, 5.74) is 7.53. The van der Waals surface area contributed by atoms with E-state index >= 15 is 0 Å². The van der Waals surface area contributed by atoms with E-state index in [0.717, 1.165) is 44.5 Å². The molecule has 4 rings (SSSR count). The van der Waals surface area contributed by atoms with Crippen LogP contribution in [0.15, 0.2) is 24.4 Å². The highest BCUT2D eigenvalue weighted by molar-refractivity contribution is 5.78. The van der Waals surface area contributed by atoms with Crippen molar-refractivity contribution in [2.24, 2.45) is 11.7 Å². The SMILES string of the molecule is CN1CCN(c2ccc(Nc3ncc(F)c(NC4CCCC4C(N)=O)n3)cc2CF)CC1. The quantitative estimate of drug-likeness (QED) is 0.603. The molecule has 1 saturated heterocycles. The average molecular weight is 446 g/mol. The molecule has 1 aromatic heterocycles. The van der Waals surface area contributed by atoms with Crippen LogP contribution in [0.2, 0.25) is 0 Å². The van der Waals surface area contributed by atoms with Gasteiger partial charge in [-0.1, -0.05) is 6.42 Å². The highest BCUT2D eigenvalue weighted by atomic mass is 19.1. The van der Waals surface area contributed by atoms with Crippen LogP contribution in [-0.4, -0.2) is 60.0 Å². The zero-order valence-corrected chi connectivity index (χ0v) is 18.2. The first-order chi connectivity index (χ1) is 15.4. The van der Waals surface area contributed by atoms with Gasteiger partial charge in [-0.05, 0) is 38.1 Å². The first kappa shape index (κ1) is 22.2. The normalized spacial score (nSPS) is 21.5. The standard InChI is InChI=1S/C22H29F2N7O/c1-30-7-9-31(10-8-30)19-6-5-15(11-14(19)12-23)27-22-26-13-17(24)21(29-22)28-18-4-2-3-16(18)20(25)32/h5-6,11,13,16,18H,2-4,7-10,12H2,1H3,(H2,25,32)(H2,26,27,28,29). The van der Waals surface area contributed by atoms with Crippen LogP contribution in [0.3, 0.4) is 0 Å². The summed E-state index contributed by atoms with van der Waals surface area (Å²) in [6, 6.07) is 5.20. The van der Waals surface area contributed by atoms with Crippen molar-refractivity contribution in [3.8, 4) is 0 Å². The third-order valence-corrected chi connectivity index (χ3v) is 6.27. The minimum absolute atomic E-state index is 0.0143. The predicted octanol–water partition coefficient (Wildman–Crippen LogP) is 2.65. The second kappa shape index (κ2) is 9.64. The molecule has 0 spiro atoms. The van der Waals surface area contributed by atoms with Gasteiger partial charge in [0, 0.05) is 49.2 Å². The third-order valence-electron chi connectivity index (χ3n) is 6.27. The van der Waals surface area contributed by atoms with Crippen molar-refractivity contribution in [1.29, 1.82) is 0 Å². The third kappa shape index (κ3) is 4.90. The zero-order chi connectivity index (χ0) is 22.7. The minimum Gasteiger partial charge on any atom is -0.369 e. The van der Waals surface area contributed by atoms with E-state index in [1.165, 1.54) is 0 Å². The average Bonchev–Trinajstić information content (AvgIpc) is 3.25. The molecule has 1 aliphatic heterocycles. The Hall–Kier alpha value is -3.01. The molecular formula is C22H29F2N7O. The number of amides is 1. The number of primary amides is 1. The maximum Gasteiger partial charge on any atom is 0.229 e. The molecule has 2 unspecified atom stereocenters. The number of likely N-dealkylation sites (N-methyl/N-ethyl adjacent to an activating group) is 1. The predicted molar refractivity (Wildman–Crippen MR) is 120 cm³/mol. The number of carbonyl (C=O) groups is 1. The van der Waals surface area contributed by atoms with Gasteiger partial charge in [-0.15, -0.1) is 0 Å². The first-order valence-corrected chi connectivity index (χ1v) is 10.9. The Bertz CT molecular complexity index is 965. The van der Waals surface area contributed by atoms with Gasteiger partial charge in [-0.25, -0.2) is 13.8 Å². The Morgan fingerprint density at radius 2 is 2.03 bits per heavy atom. The second-order valence-corrected chi connectivity index (χ2v) is 8.47. The van der Waals surface area contributed by atoms with Crippen molar-refractivity contribution in [2.45, 2.75) is 32.0 Å². The van der Waals surface area contributed by atoms with Crippen LogP contribution in [0.1, 0.15) is 24.8 Å². The summed E-state index contributed by atoms with van der Waals surface area (Å²) in [7, 11) is 2.08. The summed E-state index contributed by atoms with van der Waals surface area (Å²) in [5.74, 6) is -1.16. The van der Waals surface area contributed by atoms with Gasteiger partial charge in [0.15, 0.2) is 11.6 Å². The van der Waals surface area contributed by atoms with Crippen LogP contribution < -0.4 is 21.3 Å². The number of alkyl halides is 1. The van der Waals surface area contributed by atoms with E-state index in [4.69, 9.17) is 5.73 Å². The smallest absolute Gasteiger partial charge is 0.229 e. The van der Waals surface area contributed by atoms with Crippen LogP contribution in [0.25, 0.3) is 0 Å². The lowest BCUT2D eigenvalue weighted by Gasteiger charge is -2.35. The van der Waals surface area contributed by atoms with E-state index in [0.29, 0.717) is 24.1 Å². The number of benzene rings is 1. The van der Waals surface area contributed by atoms with Crippen molar-refractivity contribution in [2.75, 3.05) is 48.8 Å². The van der Waals surface area contributed by atoms with E-state index < -0.39 is 18.4 Å². The molecule has 10 heteroatoms. The number of hydrogen-bond donors (Lipinski definition) is 3. The Morgan fingerprint density at radius 1 is 1.25 bits per heavy atom. The molecule has 172 valence electrons. The molecule has 8 nitrogen and oxygen atoms in total. The van der Waals surface area contributed by atoms with Crippen LogP contribution >= 0.6 is 0 Å². The highest BCUT2D eigenvalue weighted by Crippen LogP contribution is 2.30. The molecule has 1 saturated carbocycles. The molecule has 2 aromatic rings. The maximum absolute atomic E-state index is 14.3. The largest absolute Gasteiger partial charge is 0.369 e. The molecule has 2 aliphatic rings. The van der Waals surface area contributed by atoms with Crippen molar-refractivity contribution in [3.63, 3.8) is 0 Å². The lowest BCUT2D eigenvalue weighted by molar-refractivity contribution is -0.121. The lowest BCUT2D eigenvalue weighted by atomic mass is 10.0. The summed E-state index contributed by atoms with van der Waals surface area (Å²) >= 11 is 0. The summed E-state index contributed by atoms with van der Waals surface area (Å²) in [6.45, 7) is 2.97. The molecule has 2 fully saturated rings. The number of piperazine rings is 1. The Balaban J connectivity index is 1.49. The van der Waals surface area contributed by atoms with Crippen molar-refractivity contribution in [1.82, 2.24) is 14.9 Å². The molecule has 1 aliphatic carbocycles. The van der Waals surface area contributed by atoms with Gasteiger partial charge >= 0.3 is 0 Å². The number of nitrogens with zero attached hydrogens (tertiary/aromatic N) is 4. The van der Waals surface area contributed by atoms with Gasteiger partial charge in [-0.3, -0.25) is 4.79 Å². The molecular weight excluding hydrogens is 416 g/mol. The molecule has 1 aromatic carbocycles. The molecule has 4 N–H and O–H groups in total. The fraction of sp³-hybridized carbons (Fsp3) is 0.500. The Kier molecular flexibility index (Phi) is 6.69. The number of halogens is 2. The number of anilines is 4. The highest BCUT2D eigenvalue weighted by Gasteiger charge is 2.32. The molecule has 32 heavy (non-hydrogen) atoms. The molecule has 0 bridgehead atoms. The molecule has 1 amide bonds. The lowest BCUT2D eigenvalue weighted by Crippen LogP contribution is -2.44. The van der Waals surface area contributed by atoms with Gasteiger partial charge in [0.25, 0.3) is 0 Å². The minimum atomic E-state index is -0.611. The van der Waals surface area contributed by atoms with Gasteiger partial charge < -0.3 is 26.2 Å². The van der Waals surface area contributed by atoms with E-state index in [1.54, 1.807) is 6.07 Å². The van der Waals surface area contributed by atoms with E-state index in [1.807, 2.05) is 12.1 Å². The molecule has 2 heterocycles. The number of hydrogen-bond acceptors (Lipinski definition) is 7. The summed E-state index contributed by atoms with van der Waals surface area (Å²) in [6.07, 6.45) is 3.30. The maximum atomic E-state index is 14.3.